The fourth-order valence-corrected chi connectivity index (χ4v) is 0.882. The van der Waals surface area contributed by atoms with Crippen LogP contribution in [0.3, 0.4) is 0 Å². The number of nitrogens with one attached hydrogen (secondary N) is 1. The van der Waals surface area contributed by atoms with Crippen molar-refractivity contribution in [1.82, 2.24) is 9.97 Å². The Bertz CT molecular complexity index is 319. The Morgan fingerprint density at radius 2 is 2.23 bits per heavy atom. The molecule has 0 aliphatic rings. The Morgan fingerprint density at radius 1 is 1.46 bits per heavy atom. The highest BCUT2D eigenvalue weighted by Crippen LogP contribution is 2.17. The molecule has 0 bridgehead atoms. The summed E-state index contributed by atoms with van der Waals surface area (Å²) in [6.07, 6.45) is 4.77. The van der Waals surface area contributed by atoms with Crippen LogP contribution in [0.4, 0.5) is 11.5 Å². The molecule has 0 aliphatic heterocycles. The van der Waals surface area contributed by atoms with Crippen molar-refractivity contribution in [2.24, 2.45) is 0 Å². The summed E-state index contributed by atoms with van der Waals surface area (Å²) >= 11 is 0. The van der Waals surface area contributed by atoms with Gasteiger partial charge in [-0.3, -0.25) is 0 Å². The van der Waals surface area contributed by atoms with E-state index in [1.165, 1.54) is 6.33 Å². The van der Waals surface area contributed by atoms with Crippen LogP contribution in [-0.4, -0.2) is 16.5 Å². The average Bonchev–Trinajstić information content (AvgIpc) is 2.16. The van der Waals surface area contributed by atoms with E-state index in [0.29, 0.717) is 23.7 Å². The zero-order chi connectivity index (χ0) is 9.68. The van der Waals surface area contributed by atoms with Crippen molar-refractivity contribution in [2.45, 2.75) is 0 Å². The zero-order valence-corrected chi connectivity index (χ0v) is 7.33. The van der Waals surface area contributed by atoms with Crippen molar-refractivity contribution in [3.63, 3.8) is 0 Å². The van der Waals surface area contributed by atoms with Gasteiger partial charge in [0.2, 0.25) is 0 Å². The normalized spacial score (nSPS) is 9.23. The maximum absolute atomic E-state index is 5.74. The molecule has 0 aromatic carbocycles. The van der Waals surface area contributed by atoms with Gasteiger partial charge in [0.1, 0.15) is 12.0 Å². The van der Waals surface area contributed by atoms with Gasteiger partial charge < -0.3 is 11.1 Å². The van der Waals surface area contributed by atoms with Crippen LogP contribution in [0.1, 0.15) is 5.69 Å². The highest BCUT2D eigenvalue weighted by atomic mass is 15.0. The fourth-order valence-electron chi connectivity index (χ4n) is 0.882. The quantitative estimate of drug-likeness (QED) is 0.679. The standard InChI is InChI=1S/C9H12N4/c1-3-5-11-9-8(10)7(4-2)12-6-13-9/h3-4,6H,1-2,5,10H2,(H,11,12,13). The lowest BCUT2D eigenvalue weighted by Crippen LogP contribution is -2.06. The van der Waals surface area contributed by atoms with Gasteiger partial charge in [-0.1, -0.05) is 12.7 Å². The topological polar surface area (TPSA) is 63.8 Å². The van der Waals surface area contributed by atoms with E-state index in [-0.39, 0.29) is 0 Å². The molecule has 0 unspecified atom stereocenters. The first-order valence-electron chi connectivity index (χ1n) is 3.87. The Morgan fingerprint density at radius 3 is 2.85 bits per heavy atom. The van der Waals surface area contributed by atoms with E-state index in [9.17, 15) is 0 Å². The maximum Gasteiger partial charge on any atom is 0.153 e. The van der Waals surface area contributed by atoms with Crippen LogP contribution < -0.4 is 11.1 Å². The third-order valence-corrected chi connectivity index (χ3v) is 1.52. The molecular formula is C9H12N4. The number of hydrogen-bond donors (Lipinski definition) is 2. The third-order valence-electron chi connectivity index (χ3n) is 1.52. The van der Waals surface area contributed by atoms with Gasteiger partial charge in [-0.15, -0.1) is 6.58 Å². The largest absolute Gasteiger partial charge is 0.394 e. The number of nitrogens with two attached hydrogens (primary N) is 1. The SMILES string of the molecule is C=CCNc1ncnc(C=C)c1N. The minimum absolute atomic E-state index is 0.513. The number of hydrogen-bond acceptors (Lipinski definition) is 4. The number of nitrogen functional groups attached to an aromatic ring is 1. The summed E-state index contributed by atoms with van der Waals surface area (Å²) in [6, 6.07) is 0. The van der Waals surface area contributed by atoms with E-state index in [1.54, 1.807) is 12.2 Å². The first-order chi connectivity index (χ1) is 6.29. The molecular weight excluding hydrogens is 164 g/mol. The second-order valence-corrected chi connectivity index (χ2v) is 2.39. The smallest absolute Gasteiger partial charge is 0.153 e. The molecule has 4 heteroatoms. The molecule has 68 valence electrons. The molecule has 3 N–H and O–H groups in total. The Kier molecular flexibility index (Phi) is 3.03. The first kappa shape index (κ1) is 9.25. The van der Waals surface area contributed by atoms with Gasteiger partial charge in [-0.2, -0.15) is 0 Å². The lowest BCUT2D eigenvalue weighted by atomic mass is 10.3. The Labute approximate surface area is 77.2 Å². The van der Waals surface area contributed by atoms with Crippen LogP contribution in [0.5, 0.6) is 0 Å². The van der Waals surface area contributed by atoms with Crippen molar-refractivity contribution in [3.05, 3.63) is 31.3 Å². The zero-order valence-electron chi connectivity index (χ0n) is 7.33. The van der Waals surface area contributed by atoms with E-state index in [4.69, 9.17) is 5.73 Å². The molecule has 1 heterocycles. The molecule has 1 rings (SSSR count). The monoisotopic (exact) mass is 176 g/mol. The van der Waals surface area contributed by atoms with Crippen molar-refractivity contribution >= 4 is 17.6 Å². The fraction of sp³-hybridized carbons (Fsp3) is 0.111. The minimum atomic E-state index is 0.513. The first-order valence-corrected chi connectivity index (χ1v) is 3.87. The van der Waals surface area contributed by atoms with Gasteiger partial charge in [0.25, 0.3) is 0 Å². The lowest BCUT2D eigenvalue weighted by molar-refractivity contribution is 1.13. The van der Waals surface area contributed by atoms with Crippen LogP contribution in [0.15, 0.2) is 25.6 Å². The lowest BCUT2D eigenvalue weighted by Gasteiger charge is -2.06. The summed E-state index contributed by atoms with van der Waals surface area (Å²) in [5.74, 6) is 0.616. The summed E-state index contributed by atoms with van der Waals surface area (Å²) in [4.78, 5) is 7.93. The molecule has 4 nitrogen and oxygen atoms in total. The van der Waals surface area contributed by atoms with E-state index >= 15 is 0 Å². The Balaban J connectivity index is 2.93. The van der Waals surface area contributed by atoms with Crippen LogP contribution in [-0.2, 0) is 0 Å². The van der Waals surface area contributed by atoms with Gasteiger partial charge in [0, 0.05) is 6.54 Å². The van der Waals surface area contributed by atoms with Crippen molar-refractivity contribution in [2.75, 3.05) is 17.6 Å². The molecule has 0 fully saturated rings. The summed E-state index contributed by atoms with van der Waals surface area (Å²) in [5, 5.41) is 3.00. The van der Waals surface area contributed by atoms with Gasteiger partial charge in [0.05, 0.1) is 5.69 Å². The van der Waals surface area contributed by atoms with Crippen LogP contribution >= 0.6 is 0 Å². The van der Waals surface area contributed by atoms with Crippen molar-refractivity contribution < 1.29 is 0 Å². The van der Waals surface area contributed by atoms with Crippen LogP contribution in [0.2, 0.25) is 0 Å². The van der Waals surface area contributed by atoms with Gasteiger partial charge in [-0.05, 0) is 6.08 Å². The van der Waals surface area contributed by atoms with E-state index < -0.39 is 0 Å². The molecule has 0 amide bonds. The molecule has 0 aliphatic carbocycles. The highest BCUT2D eigenvalue weighted by Gasteiger charge is 2.02. The predicted octanol–water partition coefficient (Wildman–Crippen LogP) is 1.30. The van der Waals surface area contributed by atoms with Gasteiger partial charge in [0.15, 0.2) is 5.82 Å². The van der Waals surface area contributed by atoms with E-state index in [2.05, 4.69) is 28.4 Å². The summed E-state index contributed by atoms with van der Waals surface area (Å²) in [7, 11) is 0. The van der Waals surface area contributed by atoms with Crippen LogP contribution in [0, 0.1) is 0 Å². The summed E-state index contributed by atoms with van der Waals surface area (Å²) < 4.78 is 0. The number of anilines is 2. The molecule has 0 spiro atoms. The second-order valence-electron chi connectivity index (χ2n) is 2.39. The molecule has 0 atom stereocenters. The molecule has 13 heavy (non-hydrogen) atoms. The molecule has 0 saturated carbocycles. The molecule has 1 aromatic heterocycles. The van der Waals surface area contributed by atoms with Crippen molar-refractivity contribution in [1.29, 1.82) is 0 Å². The number of nitrogens with zero attached hydrogens (tertiary/aromatic N) is 2. The third kappa shape index (κ3) is 2.05. The second kappa shape index (κ2) is 4.25. The predicted molar refractivity (Wildman–Crippen MR) is 55.2 cm³/mol. The Hall–Kier alpha value is -1.84. The van der Waals surface area contributed by atoms with Gasteiger partial charge in [-0.25, -0.2) is 9.97 Å². The van der Waals surface area contributed by atoms with Crippen LogP contribution in [0.25, 0.3) is 6.08 Å². The maximum atomic E-state index is 5.74. The summed E-state index contributed by atoms with van der Waals surface area (Å²) in [6.45, 7) is 7.80. The molecule has 1 aromatic rings. The van der Waals surface area contributed by atoms with E-state index in [0.717, 1.165) is 0 Å². The molecule has 0 saturated heterocycles. The summed E-state index contributed by atoms with van der Waals surface area (Å²) in [5.41, 5.74) is 6.90. The van der Waals surface area contributed by atoms with E-state index in [1.807, 2.05) is 0 Å². The number of rotatable bonds is 4. The average molecular weight is 176 g/mol. The van der Waals surface area contributed by atoms with Gasteiger partial charge >= 0.3 is 0 Å². The molecule has 0 radical (unpaired) electrons. The highest BCUT2D eigenvalue weighted by molar-refractivity contribution is 5.71. The number of aromatic nitrogens is 2. The van der Waals surface area contributed by atoms with Crippen molar-refractivity contribution in [3.8, 4) is 0 Å². The minimum Gasteiger partial charge on any atom is -0.394 e.